The van der Waals surface area contributed by atoms with E-state index in [0.29, 0.717) is 11.6 Å². The van der Waals surface area contributed by atoms with E-state index in [0.717, 1.165) is 31.5 Å². The van der Waals surface area contributed by atoms with Crippen molar-refractivity contribution >= 4 is 17.6 Å². The van der Waals surface area contributed by atoms with Gasteiger partial charge in [0.2, 0.25) is 5.91 Å². The summed E-state index contributed by atoms with van der Waals surface area (Å²) in [6.07, 6.45) is 8.81. The number of carbonyl (C=O) groups excluding carboxylic acids is 1. The first kappa shape index (κ1) is 14.9. The van der Waals surface area contributed by atoms with Crippen LogP contribution in [0.4, 0.5) is 5.69 Å². The lowest BCUT2D eigenvalue weighted by Gasteiger charge is -2.27. The van der Waals surface area contributed by atoms with Gasteiger partial charge in [-0.05, 0) is 37.5 Å². The van der Waals surface area contributed by atoms with Crippen molar-refractivity contribution in [1.29, 1.82) is 0 Å². The third-order valence-corrected chi connectivity index (χ3v) is 3.38. The minimum absolute atomic E-state index is 0.0165. The highest BCUT2D eigenvalue weighted by Gasteiger charge is 2.12. The van der Waals surface area contributed by atoms with Crippen molar-refractivity contribution in [2.24, 2.45) is 10.7 Å². The van der Waals surface area contributed by atoms with E-state index in [-0.39, 0.29) is 12.5 Å². The Hall–Kier alpha value is -2.48. The van der Waals surface area contributed by atoms with Gasteiger partial charge < -0.3 is 16.0 Å². The summed E-state index contributed by atoms with van der Waals surface area (Å²) in [6.45, 7) is 1.85. The van der Waals surface area contributed by atoms with Gasteiger partial charge in [0.15, 0.2) is 5.96 Å². The number of nitrogens with zero attached hydrogens (tertiary/aromatic N) is 2. The van der Waals surface area contributed by atoms with Crippen LogP contribution in [0.5, 0.6) is 0 Å². The Morgan fingerprint density at radius 1 is 1.38 bits per heavy atom. The number of carbonyl (C=O) groups is 1. The summed E-state index contributed by atoms with van der Waals surface area (Å²) in [6, 6.07) is 7.14. The van der Waals surface area contributed by atoms with Gasteiger partial charge in [0.05, 0.1) is 0 Å². The zero-order valence-corrected chi connectivity index (χ0v) is 12.0. The summed E-state index contributed by atoms with van der Waals surface area (Å²) in [5, 5.41) is 2.76. The quantitative estimate of drug-likeness (QED) is 0.501. The Balaban J connectivity index is 1.87. The number of nitrogens with one attached hydrogen (secondary N) is 1. The number of benzene rings is 1. The predicted octanol–water partition coefficient (Wildman–Crippen LogP) is 1.41. The molecule has 1 aromatic rings. The van der Waals surface area contributed by atoms with Crippen molar-refractivity contribution in [2.45, 2.75) is 19.3 Å². The van der Waals surface area contributed by atoms with Gasteiger partial charge in [-0.15, -0.1) is 6.42 Å². The molecule has 0 bridgehead atoms. The molecule has 0 saturated carbocycles. The maximum Gasteiger partial charge on any atom is 0.246 e. The number of piperidine rings is 1. The molecular weight excluding hydrogens is 264 g/mol. The van der Waals surface area contributed by atoms with Gasteiger partial charge in [-0.1, -0.05) is 12.0 Å². The van der Waals surface area contributed by atoms with Gasteiger partial charge in [-0.3, -0.25) is 4.79 Å². The molecule has 5 heteroatoms. The lowest BCUT2D eigenvalue weighted by atomic mass is 10.1. The minimum atomic E-state index is -0.205. The Morgan fingerprint density at radius 3 is 2.86 bits per heavy atom. The number of hydrogen-bond acceptors (Lipinski definition) is 2. The second-order valence-electron chi connectivity index (χ2n) is 5.00. The van der Waals surface area contributed by atoms with E-state index in [1.54, 1.807) is 18.2 Å². The summed E-state index contributed by atoms with van der Waals surface area (Å²) in [4.78, 5) is 18.0. The van der Waals surface area contributed by atoms with Crippen LogP contribution >= 0.6 is 0 Å². The molecule has 1 aliphatic heterocycles. The molecule has 21 heavy (non-hydrogen) atoms. The highest BCUT2D eigenvalue weighted by molar-refractivity contribution is 5.94. The van der Waals surface area contributed by atoms with Gasteiger partial charge >= 0.3 is 0 Å². The van der Waals surface area contributed by atoms with Crippen LogP contribution in [-0.4, -0.2) is 36.4 Å². The first-order valence-electron chi connectivity index (χ1n) is 7.10. The normalized spacial score (nSPS) is 15.4. The van der Waals surface area contributed by atoms with E-state index in [1.165, 1.54) is 6.42 Å². The largest absolute Gasteiger partial charge is 0.370 e. The predicted molar refractivity (Wildman–Crippen MR) is 84.9 cm³/mol. The summed E-state index contributed by atoms with van der Waals surface area (Å²) >= 11 is 0. The average molecular weight is 284 g/mol. The van der Waals surface area contributed by atoms with Crippen LogP contribution in [0.25, 0.3) is 0 Å². The lowest BCUT2D eigenvalue weighted by molar-refractivity contribution is -0.114. The summed E-state index contributed by atoms with van der Waals surface area (Å²) in [7, 11) is 0. The standard InChI is InChI=1S/C16H20N4O/c1-2-13-7-6-8-14(11-13)19-15(21)12-18-16(17)20-9-4-3-5-10-20/h1,6-8,11H,3-5,9-10,12H2,(H2,17,18)(H,19,21). The number of anilines is 1. The highest BCUT2D eigenvalue weighted by atomic mass is 16.1. The van der Waals surface area contributed by atoms with E-state index in [9.17, 15) is 4.79 Å². The van der Waals surface area contributed by atoms with E-state index in [2.05, 4.69) is 16.2 Å². The summed E-state index contributed by atoms with van der Waals surface area (Å²) in [5.74, 6) is 2.77. The molecular formula is C16H20N4O. The number of rotatable bonds is 3. The Morgan fingerprint density at radius 2 is 2.14 bits per heavy atom. The van der Waals surface area contributed by atoms with Crippen LogP contribution in [-0.2, 0) is 4.79 Å². The molecule has 1 aliphatic rings. The van der Waals surface area contributed by atoms with E-state index in [1.807, 2.05) is 11.0 Å². The van der Waals surface area contributed by atoms with E-state index in [4.69, 9.17) is 12.2 Å². The lowest BCUT2D eigenvalue weighted by Crippen LogP contribution is -2.41. The van der Waals surface area contributed by atoms with Gasteiger partial charge in [0, 0.05) is 24.3 Å². The van der Waals surface area contributed by atoms with Crippen LogP contribution in [0.1, 0.15) is 24.8 Å². The fraction of sp³-hybridized carbons (Fsp3) is 0.375. The molecule has 3 N–H and O–H groups in total. The third-order valence-electron chi connectivity index (χ3n) is 3.38. The molecule has 1 heterocycles. The second kappa shape index (κ2) is 7.34. The van der Waals surface area contributed by atoms with Crippen LogP contribution in [0.15, 0.2) is 29.3 Å². The Bertz CT molecular complexity index is 568. The average Bonchev–Trinajstić information content (AvgIpc) is 2.53. The first-order valence-corrected chi connectivity index (χ1v) is 7.10. The van der Waals surface area contributed by atoms with Gasteiger partial charge in [0.1, 0.15) is 6.54 Å². The molecule has 5 nitrogen and oxygen atoms in total. The molecule has 2 rings (SSSR count). The van der Waals surface area contributed by atoms with Gasteiger partial charge in [0.25, 0.3) is 0 Å². The van der Waals surface area contributed by atoms with Crippen molar-refractivity contribution in [3.63, 3.8) is 0 Å². The molecule has 1 amide bonds. The molecule has 1 aromatic carbocycles. The highest BCUT2D eigenvalue weighted by Crippen LogP contribution is 2.10. The smallest absolute Gasteiger partial charge is 0.246 e. The van der Waals surface area contributed by atoms with E-state index >= 15 is 0 Å². The number of amides is 1. The van der Waals surface area contributed by atoms with E-state index < -0.39 is 0 Å². The van der Waals surface area contributed by atoms with Crippen molar-refractivity contribution in [3.05, 3.63) is 29.8 Å². The Kier molecular flexibility index (Phi) is 5.22. The number of likely N-dealkylation sites (tertiary alicyclic amines) is 1. The molecule has 0 aromatic heterocycles. The first-order chi connectivity index (χ1) is 10.2. The fourth-order valence-electron chi connectivity index (χ4n) is 2.26. The van der Waals surface area contributed by atoms with Gasteiger partial charge in [-0.25, -0.2) is 4.99 Å². The zero-order valence-electron chi connectivity index (χ0n) is 12.0. The van der Waals surface area contributed by atoms with Crippen LogP contribution in [0.3, 0.4) is 0 Å². The number of hydrogen-bond donors (Lipinski definition) is 2. The zero-order chi connectivity index (χ0) is 15.1. The fourth-order valence-corrected chi connectivity index (χ4v) is 2.26. The second-order valence-corrected chi connectivity index (χ2v) is 5.00. The summed E-state index contributed by atoms with van der Waals surface area (Å²) < 4.78 is 0. The summed E-state index contributed by atoms with van der Waals surface area (Å²) in [5.41, 5.74) is 7.30. The Labute approximate surface area is 125 Å². The monoisotopic (exact) mass is 284 g/mol. The van der Waals surface area contributed by atoms with Crippen molar-refractivity contribution in [3.8, 4) is 12.3 Å². The minimum Gasteiger partial charge on any atom is -0.370 e. The molecule has 0 spiro atoms. The molecule has 0 radical (unpaired) electrons. The molecule has 0 aliphatic carbocycles. The van der Waals surface area contributed by atoms with Crippen molar-refractivity contribution < 1.29 is 4.79 Å². The van der Waals surface area contributed by atoms with Gasteiger partial charge in [-0.2, -0.15) is 0 Å². The van der Waals surface area contributed by atoms with Crippen LogP contribution < -0.4 is 11.1 Å². The van der Waals surface area contributed by atoms with Crippen molar-refractivity contribution in [2.75, 3.05) is 25.0 Å². The maximum atomic E-state index is 11.9. The number of guanidine groups is 1. The van der Waals surface area contributed by atoms with Crippen LogP contribution in [0, 0.1) is 12.3 Å². The topological polar surface area (TPSA) is 70.7 Å². The number of nitrogens with two attached hydrogens (primary N) is 1. The van der Waals surface area contributed by atoms with Crippen molar-refractivity contribution in [1.82, 2.24) is 4.90 Å². The van der Waals surface area contributed by atoms with Crippen LogP contribution in [0.2, 0.25) is 0 Å². The number of terminal acetylenes is 1. The molecule has 0 atom stereocenters. The third kappa shape index (κ3) is 4.53. The molecule has 0 unspecified atom stereocenters. The molecule has 1 fully saturated rings. The SMILES string of the molecule is C#Cc1cccc(NC(=O)CN=C(N)N2CCCCC2)c1. The molecule has 1 saturated heterocycles. The number of aliphatic imine (C=N–C) groups is 1. The maximum absolute atomic E-state index is 11.9. The molecule has 110 valence electrons.